The lowest BCUT2D eigenvalue weighted by atomic mass is 9.79. The zero-order chi connectivity index (χ0) is 25.4. The van der Waals surface area contributed by atoms with Crippen molar-refractivity contribution in [3.05, 3.63) is 95.3 Å². The third-order valence-electron chi connectivity index (χ3n) is 6.99. The lowest BCUT2D eigenvalue weighted by molar-refractivity contribution is -0.125. The van der Waals surface area contributed by atoms with Gasteiger partial charge in [-0.3, -0.25) is 9.59 Å². The van der Waals surface area contributed by atoms with Crippen LogP contribution in [0.1, 0.15) is 59.2 Å². The average Bonchev–Trinajstić information content (AvgIpc) is 3.33. The van der Waals surface area contributed by atoms with E-state index >= 15 is 0 Å². The Balaban J connectivity index is 1.56. The standard InChI is InChI=1S/C29H30N4O3/c1-17(2)25(27-30-22-11-7-8-12-23(22)31-27)32-28(34)24-20-9-5-6-10-21(20)29(35)33(3)26(24)18-13-15-19(36-4)16-14-18/h5-17,24-26H,1-4H3,(H,30,31)(H,32,34)/t24-,25+,26-/m1/s1. The van der Waals surface area contributed by atoms with Gasteiger partial charge in [0.05, 0.1) is 36.1 Å². The van der Waals surface area contributed by atoms with Crippen molar-refractivity contribution in [2.45, 2.75) is 31.8 Å². The summed E-state index contributed by atoms with van der Waals surface area (Å²) in [6, 6.07) is 22.0. The quantitative estimate of drug-likeness (QED) is 0.405. The topological polar surface area (TPSA) is 87.3 Å². The molecule has 0 unspecified atom stereocenters. The maximum absolute atomic E-state index is 14.1. The molecule has 1 aliphatic heterocycles. The highest BCUT2D eigenvalue weighted by Crippen LogP contribution is 2.43. The molecule has 5 rings (SSSR count). The van der Waals surface area contributed by atoms with Crippen LogP contribution in [0.2, 0.25) is 0 Å². The minimum absolute atomic E-state index is 0.0899. The Bertz CT molecular complexity index is 1380. The van der Waals surface area contributed by atoms with Gasteiger partial charge >= 0.3 is 0 Å². The molecule has 0 spiro atoms. The third-order valence-corrected chi connectivity index (χ3v) is 6.99. The van der Waals surface area contributed by atoms with E-state index in [0.29, 0.717) is 11.4 Å². The van der Waals surface area contributed by atoms with Gasteiger partial charge in [-0.25, -0.2) is 4.98 Å². The Kier molecular flexibility index (Phi) is 6.22. The zero-order valence-corrected chi connectivity index (χ0v) is 20.9. The van der Waals surface area contributed by atoms with E-state index in [1.165, 1.54) is 0 Å². The van der Waals surface area contributed by atoms with Crippen molar-refractivity contribution in [3.8, 4) is 5.75 Å². The maximum Gasteiger partial charge on any atom is 0.254 e. The van der Waals surface area contributed by atoms with Gasteiger partial charge in [0.2, 0.25) is 5.91 Å². The summed E-state index contributed by atoms with van der Waals surface area (Å²) in [5.74, 6) is 0.675. The molecule has 36 heavy (non-hydrogen) atoms. The molecule has 1 aliphatic rings. The van der Waals surface area contributed by atoms with Gasteiger partial charge in [-0.2, -0.15) is 0 Å². The SMILES string of the molecule is COc1ccc([C@@H]2[C@H](C(=O)N[C@H](c3nc4ccccc4[nH]3)C(C)C)c3ccccc3C(=O)N2C)cc1. The number of rotatable bonds is 6. The molecule has 2 N–H and O–H groups in total. The van der Waals surface area contributed by atoms with Crippen molar-refractivity contribution >= 4 is 22.8 Å². The first-order chi connectivity index (χ1) is 17.4. The van der Waals surface area contributed by atoms with Gasteiger partial charge in [0, 0.05) is 12.6 Å². The van der Waals surface area contributed by atoms with Crippen LogP contribution in [0.15, 0.2) is 72.8 Å². The van der Waals surface area contributed by atoms with Gasteiger partial charge in [0.25, 0.3) is 5.91 Å². The molecule has 0 aliphatic carbocycles. The first-order valence-corrected chi connectivity index (χ1v) is 12.1. The van der Waals surface area contributed by atoms with Crippen LogP contribution in [-0.4, -0.2) is 40.8 Å². The van der Waals surface area contributed by atoms with E-state index in [9.17, 15) is 9.59 Å². The summed E-state index contributed by atoms with van der Waals surface area (Å²) in [4.78, 5) is 37.2. The molecule has 3 aromatic carbocycles. The van der Waals surface area contributed by atoms with Crippen LogP contribution in [0, 0.1) is 5.92 Å². The van der Waals surface area contributed by atoms with Crippen molar-refractivity contribution in [1.29, 1.82) is 0 Å². The van der Waals surface area contributed by atoms with Crippen LogP contribution in [-0.2, 0) is 4.79 Å². The zero-order valence-electron chi connectivity index (χ0n) is 20.9. The summed E-state index contributed by atoms with van der Waals surface area (Å²) in [6.07, 6.45) is 0. The van der Waals surface area contributed by atoms with E-state index < -0.39 is 12.0 Å². The van der Waals surface area contributed by atoms with Crippen molar-refractivity contribution < 1.29 is 14.3 Å². The Morgan fingerprint density at radius 2 is 1.72 bits per heavy atom. The van der Waals surface area contributed by atoms with E-state index in [1.807, 2.05) is 66.7 Å². The number of benzene rings is 3. The second-order valence-electron chi connectivity index (χ2n) is 9.57. The molecule has 3 atom stereocenters. The Hall–Kier alpha value is -4.13. The number of nitrogens with one attached hydrogen (secondary N) is 2. The third kappa shape index (κ3) is 4.11. The van der Waals surface area contributed by atoms with Crippen molar-refractivity contribution in [2.75, 3.05) is 14.2 Å². The van der Waals surface area contributed by atoms with Gasteiger partial charge in [0.15, 0.2) is 0 Å². The molecule has 7 heteroatoms. The predicted molar refractivity (Wildman–Crippen MR) is 139 cm³/mol. The van der Waals surface area contributed by atoms with Crippen LogP contribution in [0.25, 0.3) is 11.0 Å². The van der Waals surface area contributed by atoms with Crippen LogP contribution in [0.4, 0.5) is 0 Å². The van der Waals surface area contributed by atoms with Gasteiger partial charge in [-0.1, -0.05) is 56.3 Å². The number of aromatic nitrogens is 2. The summed E-state index contributed by atoms with van der Waals surface area (Å²) in [5, 5.41) is 3.27. The number of hydrogen-bond acceptors (Lipinski definition) is 4. The average molecular weight is 483 g/mol. The predicted octanol–water partition coefficient (Wildman–Crippen LogP) is 5.00. The molecule has 0 saturated carbocycles. The van der Waals surface area contributed by atoms with E-state index in [1.54, 1.807) is 25.1 Å². The fourth-order valence-electron chi connectivity index (χ4n) is 5.09. The molecular weight excluding hydrogens is 452 g/mol. The number of para-hydroxylation sites is 2. The number of hydrogen-bond donors (Lipinski definition) is 2. The lowest BCUT2D eigenvalue weighted by Gasteiger charge is -2.40. The fourth-order valence-corrected chi connectivity index (χ4v) is 5.09. The number of carbonyl (C=O) groups excluding carboxylic acids is 2. The number of imidazole rings is 1. The smallest absolute Gasteiger partial charge is 0.254 e. The largest absolute Gasteiger partial charge is 0.497 e. The van der Waals surface area contributed by atoms with Crippen LogP contribution in [0.3, 0.4) is 0 Å². The fraction of sp³-hybridized carbons (Fsp3) is 0.276. The molecule has 1 aromatic heterocycles. The summed E-state index contributed by atoms with van der Waals surface area (Å²) < 4.78 is 5.32. The molecule has 2 amide bonds. The minimum Gasteiger partial charge on any atom is -0.497 e. The normalized spacial score (nSPS) is 18.2. The molecule has 184 valence electrons. The summed E-state index contributed by atoms with van der Waals surface area (Å²) in [5.41, 5.74) is 3.93. The van der Waals surface area contributed by atoms with Crippen LogP contribution in [0.5, 0.6) is 5.75 Å². The molecule has 4 aromatic rings. The number of amides is 2. The molecular formula is C29H30N4O3. The van der Waals surface area contributed by atoms with E-state index in [-0.39, 0.29) is 23.8 Å². The van der Waals surface area contributed by atoms with Crippen molar-refractivity contribution in [1.82, 2.24) is 20.2 Å². The van der Waals surface area contributed by atoms with E-state index in [4.69, 9.17) is 9.72 Å². The Labute approximate surface area is 210 Å². The number of carbonyl (C=O) groups is 2. The summed E-state index contributed by atoms with van der Waals surface area (Å²) in [7, 11) is 3.37. The van der Waals surface area contributed by atoms with Gasteiger partial charge in [-0.15, -0.1) is 0 Å². The number of aromatic amines is 1. The Morgan fingerprint density at radius 1 is 1.03 bits per heavy atom. The van der Waals surface area contributed by atoms with Gasteiger partial charge < -0.3 is 19.9 Å². The number of fused-ring (bicyclic) bond motifs is 2. The maximum atomic E-state index is 14.1. The van der Waals surface area contributed by atoms with Gasteiger partial charge in [0.1, 0.15) is 11.6 Å². The first kappa shape index (κ1) is 23.6. The lowest BCUT2D eigenvalue weighted by Crippen LogP contribution is -2.46. The second kappa shape index (κ2) is 9.49. The molecule has 0 radical (unpaired) electrons. The number of ether oxygens (including phenoxy) is 1. The monoisotopic (exact) mass is 482 g/mol. The number of nitrogens with zero attached hydrogens (tertiary/aromatic N) is 2. The number of H-pyrrole nitrogens is 1. The summed E-state index contributed by atoms with van der Waals surface area (Å²) >= 11 is 0. The Morgan fingerprint density at radius 3 is 2.42 bits per heavy atom. The molecule has 2 heterocycles. The minimum atomic E-state index is -0.595. The highest BCUT2D eigenvalue weighted by atomic mass is 16.5. The van der Waals surface area contributed by atoms with Crippen LogP contribution < -0.4 is 10.1 Å². The highest BCUT2D eigenvalue weighted by molar-refractivity contribution is 6.01. The highest BCUT2D eigenvalue weighted by Gasteiger charge is 2.43. The van der Waals surface area contributed by atoms with E-state index in [0.717, 1.165) is 27.9 Å². The number of likely N-dealkylation sites (N-methyl/N-ethyl adjacent to an activating group) is 1. The first-order valence-electron chi connectivity index (χ1n) is 12.1. The molecule has 0 bridgehead atoms. The van der Waals surface area contributed by atoms with Gasteiger partial charge in [-0.05, 0) is 47.4 Å². The number of methoxy groups -OCH3 is 1. The molecule has 7 nitrogen and oxygen atoms in total. The van der Waals surface area contributed by atoms with Crippen molar-refractivity contribution in [2.24, 2.45) is 5.92 Å². The molecule has 0 fully saturated rings. The molecule has 0 saturated heterocycles. The summed E-state index contributed by atoms with van der Waals surface area (Å²) in [6.45, 7) is 4.12. The second-order valence-corrected chi connectivity index (χ2v) is 9.57. The van der Waals surface area contributed by atoms with Crippen LogP contribution >= 0.6 is 0 Å². The van der Waals surface area contributed by atoms with E-state index in [2.05, 4.69) is 24.1 Å². The van der Waals surface area contributed by atoms with Crippen molar-refractivity contribution in [3.63, 3.8) is 0 Å².